The number of aromatic hydroxyl groups is 1. The van der Waals surface area contributed by atoms with Crippen LogP contribution in [0, 0.1) is 5.82 Å². The maximum Gasteiger partial charge on any atom is 0.338 e. The first-order valence-corrected chi connectivity index (χ1v) is 6.83. The molecule has 120 valence electrons. The molecule has 0 fully saturated rings. The number of amides is 1. The number of esters is 1. The normalized spacial score (nSPS) is 10.2. The van der Waals surface area contributed by atoms with E-state index in [1.807, 2.05) is 0 Å². The lowest BCUT2D eigenvalue weighted by atomic mass is 10.1. The van der Waals surface area contributed by atoms with E-state index in [1.54, 1.807) is 18.2 Å². The van der Waals surface area contributed by atoms with E-state index in [1.165, 1.54) is 43.3 Å². The molecule has 0 bridgehead atoms. The number of ether oxygens (including phenoxy) is 1. The van der Waals surface area contributed by atoms with Gasteiger partial charge < -0.3 is 14.7 Å². The third-order valence-electron chi connectivity index (χ3n) is 3.30. The highest BCUT2D eigenvalue weighted by atomic mass is 19.1. The Bertz CT molecular complexity index is 745. The highest BCUT2D eigenvalue weighted by molar-refractivity contribution is 5.98. The molecule has 0 aliphatic rings. The minimum absolute atomic E-state index is 0.0642. The Morgan fingerprint density at radius 2 is 1.83 bits per heavy atom. The van der Waals surface area contributed by atoms with Crippen LogP contribution in [0.4, 0.5) is 4.39 Å². The smallest absolute Gasteiger partial charge is 0.338 e. The SMILES string of the molecule is COC(=O)c1cc(O)cc(C(=O)N(C)Cc2ccccc2F)c1. The van der Waals surface area contributed by atoms with Crippen LogP contribution >= 0.6 is 0 Å². The van der Waals surface area contributed by atoms with Gasteiger partial charge in [-0.15, -0.1) is 0 Å². The summed E-state index contributed by atoms with van der Waals surface area (Å²) in [6.07, 6.45) is 0. The van der Waals surface area contributed by atoms with Gasteiger partial charge in [-0.2, -0.15) is 0 Å². The first kappa shape index (κ1) is 16.5. The molecule has 0 aromatic heterocycles. The molecular formula is C17H16FNO4. The Morgan fingerprint density at radius 3 is 2.48 bits per heavy atom. The first-order chi connectivity index (χ1) is 10.9. The summed E-state index contributed by atoms with van der Waals surface area (Å²) in [6.45, 7) is 0.0642. The van der Waals surface area contributed by atoms with Gasteiger partial charge in [0, 0.05) is 24.7 Å². The molecule has 0 saturated carbocycles. The molecule has 2 rings (SSSR count). The maximum atomic E-state index is 13.7. The van der Waals surface area contributed by atoms with Crippen LogP contribution in [0.1, 0.15) is 26.3 Å². The van der Waals surface area contributed by atoms with Gasteiger partial charge in [0.15, 0.2) is 0 Å². The summed E-state index contributed by atoms with van der Waals surface area (Å²) < 4.78 is 18.2. The lowest BCUT2D eigenvalue weighted by Crippen LogP contribution is -2.26. The number of hydrogen-bond acceptors (Lipinski definition) is 4. The number of carbonyl (C=O) groups excluding carboxylic acids is 2. The van der Waals surface area contributed by atoms with E-state index in [4.69, 9.17) is 0 Å². The zero-order valence-electron chi connectivity index (χ0n) is 12.7. The number of halogens is 1. The number of nitrogens with zero attached hydrogens (tertiary/aromatic N) is 1. The van der Waals surface area contributed by atoms with Crippen LogP contribution in [0.5, 0.6) is 5.75 Å². The van der Waals surface area contributed by atoms with Crippen molar-refractivity contribution in [2.24, 2.45) is 0 Å². The van der Waals surface area contributed by atoms with Gasteiger partial charge in [-0.3, -0.25) is 4.79 Å². The highest BCUT2D eigenvalue weighted by Gasteiger charge is 2.17. The molecule has 0 radical (unpaired) electrons. The number of phenolic OH excluding ortho intramolecular Hbond substituents is 1. The maximum absolute atomic E-state index is 13.7. The largest absolute Gasteiger partial charge is 0.508 e. The number of methoxy groups -OCH3 is 1. The van der Waals surface area contributed by atoms with Gasteiger partial charge in [0.25, 0.3) is 5.91 Å². The molecule has 6 heteroatoms. The average molecular weight is 317 g/mol. The van der Waals surface area contributed by atoms with Crippen molar-refractivity contribution in [2.45, 2.75) is 6.54 Å². The number of carbonyl (C=O) groups is 2. The summed E-state index contributed by atoms with van der Waals surface area (Å²) in [5.41, 5.74) is 0.552. The van der Waals surface area contributed by atoms with E-state index in [0.717, 1.165) is 0 Å². The van der Waals surface area contributed by atoms with E-state index >= 15 is 0 Å². The van der Waals surface area contributed by atoms with Crippen LogP contribution in [0.15, 0.2) is 42.5 Å². The predicted molar refractivity (Wildman–Crippen MR) is 81.6 cm³/mol. The van der Waals surface area contributed by atoms with Crippen molar-refractivity contribution >= 4 is 11.9 Å². The van der Waals surface area contributed by atoms with Crippen LogP contribution in [0.25, 0.3) is 0 Å². The van der Waals surface area contributed by atoms with Crippen LogP contribution in [0.3, 0.4) is 0 Å². The second-order valence-electron chi connectivity index (χ2n) is 5.01. The monoisotopic (exact) mass is 317 g/mol. The Morgan fingerprint density at radius 1 is 1.17 bits per heavy atom. The van der Waals surface area contributed by atoms with Crippen molar-refractivity contribution in [1.82, 2.24) is 4.90 Å². The lowest BCUT2D eigenvalue weighted by molar-refractivity contribution is 0.0600. The molecule has 0 atom stereocenters. The van der Waals surface area contributed by atoms with Gasteiger partial charge in [0.1, 0.15) is 11.6 Å². The molecule has 0 heterocycles. The zero-order chi connectivity index (χ0) is 17.0. The summed E-state index contributed by atoms with van der Waals surface area (Å²) >= 11 is 0. The summed E-state index contributed by atoms with van der Waals surface area (Å²) in [5, 5.41) is 9.66. The fraction of sp³-hybridized carbons (Fsp3) is 0.176. The quantitative estimate of drug-likeness (QED) is 0.880. The molecular weight excluding hydrogens is 301 g/mol. The second kappa shape index (κ2) is 6.91. The van der Waals surface area contributed by atoms with Gasteiger partial charge >= 0.3 is 5.97 Å². The Hall–Kier alpha value is -2.89. The van der Waals surface area contributed by atoms with Gasteiger partial charge in [0.05, 0.1) is 12.7 Å². The number of benzene rings is 2. The molecule has 1 N–H and O–H groups in total. The van der Waals surface area contributed by atoms with E-state index in [0.29, 0.717) is 5.56 Å². The van der Waals surface area contributed by atoms with E-state index in [9.17, 15) is 19.1 Å². The average Bonchev–Trinajstić information content (AvgIpc) is 2.54. The molecule has 0 saturated heterocycles. The lowest BCUT2D eigenvalue weighted by Gasteiger charge is -2.18. The minimum Gasteiger partial charge on any atom is -0.508 e. The van der Waals surface area contributed by atoms with Crippen molar-refractivity contribution in [2.75, 3.05) is 14.2 Å². The fourth-order valence-electron chi connectivity index (χ4n) is 2.14. The topological polar surface area (TPSA) is 66.8 Å². The molecule has 1 amide bonds. The van der Waals surface area contributed by atoms with Crippen molar-refractivity contribution in [3.63, 3.8) is 0 Å². The minimum atomic E-state index is -0.660. The van der Waals surface area contributed by atoms with Gasteiger partial charge in [-0.1, -0.05) is 18.2 Å². The van der Waals surface area contributed by atoms with Crippen LogP contribution in [0.2, 0.25) is 0 Å². The third kappa shape index (κ3) is 3.85. The molecule has 0 spiro atoms. The molecule has 5 nitrogen and oxygen atoms in total. The molecule has 2 aromatic rings. The highest BCUT2D eigenvalue weighted by Crippen LogP contribution is 2.19. The predicted octanol–water partition coefficient (Wildman–Crippen LogP) is 2.59. The zero-order valence-corrected chi connectivity index (χ0v) is 12.7. The van der Waals surface area contributed by atoms with E-state index in [-0.39, 0.29) is 23.4 Å². The van der Waals surface area contributed by atoms with Crippen molar-refractivity contribution < 1.29 is 23.8 Å². The second-order valence-corrected chi connectivity index (χ2v) is 5.01. The molecule has 0 aliphatic heterocycles. The summed E-state index contributed by atoms with van der Waals surface area (Å²) in [6, 6.07) is 9.93. The van der Waals surface area contributed by atoms with Crippen molar-refractivity contribution in [1.29, 1.82) is 0 Å². The molecule has 2 aromatic carbocycles. The Kier molecular flexibility index (Phi) is 4.95. The molecule has 0 aliphatic carbocycles. The number of phenols is 1. The van der Waals surface area contributed by atoms with Gasteiger partial charge in [-0.05, 0) is 24.3 Å². The van der Waals surface area contributed by atoms with Crippen LogP contribution in [-0.4, -0.2) is 36.0 Å². The Labute approximate surface area is 132 Å². The standard InChI is InChI=1S/C17H16FNO4/c1-19(10-11-5-3-4-6-15(11)18)16(21)12-7-13(17(22)23-2)9-14(20)8-12/h3-9,20H,10H2,1-2H3. The first-order valence-electron chi connectivity index (χ1n) is 6.83. The summed E-state index contributed by atoms with van der Waals surface area (Å²) in [5.74, 6) is -1.74. The van der Waals surface area contributed by atoms with Crippen LogP contribution < -0.4 is 0 Å². The fourth-order valence-corrected chi connectivity index (χ4v) is 2.14. The summed E-state index contributed by atoms with van der Waals surface area (Å²) in [7, 11) is 2.72. The number of hydrogen-bond donors (Lipinski definition) is 1. The van der Waals surface area contributed by atoms with E-state index in [2.05, 4.69) is 4.74 Å². The summed E-state index contributed by atoms with van der Waals surface area (Å²) in [4.78, 5) is 25.3. The van der Waals surface area contributed by atoms with Crippen molar-refractivity contribution in [3.8, 4) is 5.75 Å². The molecule has 0 unspecified atom stereocenters. The van der Waals surface area contributed by atoms with Gasteiger partial charge in [0.2, 0.25) is 0 Å². The van der Waals surface area contributed by atoms with Crippen molar-refractivity contribution in [3.05, 3.63) is 65.0 Å². The van der Waals surface area contributed by atoms with Crippen LogP contribution in [-0.2, 0) is 11.3 Å². The Balaban J connectivity index is 2.24. The molecule has 23 heavy (non-hydrogen) atoms. The van der Waals surface area contributed by atoms with Gasteiger partial charge in [-0.25, -0.2) is 9.18 Å². The number of rotatable bonds is 4. The third-order valence-corrected chi connectivity index (χ3v) is 3.30. The van der Waals surface area contributed by atoms with E-state index < -0.39 is 17.7 Å².